The summed E-state index contributed by atoms with van der Waals surface area (Å²) in [5, 5.41) is 0. The van der Waals surface area contributed by atoms with E-state index in [2.05, 4.69) is 0 Å². The summed E-state index contributed by atoms with van der Waals surface area (Å²) >= 11 is 0. The molecule has 1 aromatic carbocycles. The molecule has 2 rings (SSSR count). The van der Waals surface area contributed by atoms with Gasteiger partial charge in [0.2, 0.25) is 11.8 Å². The van der Waals surface area contributed by atoms with Crippen LogP contribution in [0.3, 0.4) is 0 Å². The van der Waals surface area contributed by atoms with Crippen LogP contribution in [-0.4, -0.2) is 47.8 Å². The van der Waals surface area contributed by atoms with Crippen LogP contribution in [-0.2, 0) is 16.1 Å². The fourth-order valence-electron chi connectivity index (χ4n) is 2.96. The van der Waals surface area contributed by atoms with Crippen molar-refractivity contribution in [3.63, 3.8) is 0 Å². The Labute approximate surface area is 132 Å². The number of carbonyl (C=O) groups excluding carboxylic acids is 2. The third-order valence-corrected chi connectivity index (χ3v) is 4.31. The molecule has 0 aromatic heterocycles. The smallest absolute Gasteiger partial charge is 0.237 e. The van der Waals surface area contributed by atoms with Crippen molar-refractivity contribution in [2.45, 2.75) is 32.4 Å². The van der Waals surface area contributed by atoms with Crippen LogP contribution in [0.25, 0.3) is 0 Å². The number of piperidine rings is 1. The largest absolute Gasteiger partial charge is 0.369 e. The molecule has 1 aliphatic heterocycles. The molecule has 22 heavy (non-hydrogen) atoms. The molecule has 5 heteroatoms. The van der Waals surface area contributed by atoms with E-state index < -0.39 is 0 Å². The highest BCUT2D eigenvalue weighted by atomic mass is 16.2. The minimum atomic E-state index is -0.303. The number of nitrogens with zero attached hydrogens (tertiary/aromatic N) is 2. The predicted octanol–water partition coefficient (Wildman–Crippen LogP) is 1.23. The molecule has 0 radical (unpaired) electrons. The van der Waals surface area contributed by atoms with E-state index in [1.807, 2.05) is 49.2 Å². The van der Waals surface area contributed by atoms with Crippen LogP contribution in [0, 0.1) is 5.92 Å². The minimum absolute atomic E-state index is 0.0666. The molecule has 120 valence electrons. The molecule has 5 nitrogen and oxygen atoms in total. The quantitative estimate of drug-likeness (QED) is 0.889. The van der Waals surface area contributed by atoms with Gasteiger partial charge in [0.1, 0.15) is 0 Å². The van der Waals surface area contributed by atoms with Gasteiger partial charge in [0.15, 0.2) is 0 Å². The highest BCUT2D eigenvalue weighted by Crippen LogP contribution is 2.22. The average Bonchev–Trinajstić information content (AvgIpc) is 2.48. The molecule has 0 spiro atoms. The van der Waals surface area contributed by atoms with Crippen molar-refractivity contribution in [1.29, 1.82) is 0 Å². The molecule has 1 saturated heterocycles. The summed E-state index contributed by atoms with van der Waals surface area (Å²) < 4.78 is 0. The van der Waals surface area contributed by atoms with Gasteiger partial charge in [-0.1, -0.05) is 30.3 Å². The van der Waals surface area contributed by atoms with E-state index in [4.69, 9.17) is 5.73 Å². The SMILES string of the molecule is CC1CCC(C(N)=O)CN1C(=O)CN(C)Cc1ccccc1. The number of nitrogens with two attached hydrogens (primary N) is 1. The molecule has 2 atom stereocenters. The van der Waals surface area contributed by atoms with Crippen molar-refractivity contribution in [3.05, 3.63) is 35.9 Å². The Bertz CT molecular complexity index is 518. The van der Waals surface area contributed by atoms with Gasteiger partial charge in [0.25, 0.3) is 0 Å². The van der Waals surface area contributed by atoms with E-state index in [1.54, 1.807) is 4.90 Å². The number of likely N-dealkylation sites (tertiary alicyclic amines) is 1. The Hall–Kier alpha value is -1.88. The Morgan fingerprint density at radius 2 is 1.95 bits per heavy atom. The molecular weight excluding hydrogens is 278 g/mol. The lowest BCUT2D eigenvalue weighted by molar-refractivity contribution is -0.138. The van der Waals surface area contributed by atoms with Gasteiger partial charge in [0.05, 0.1) is 12.5 Å². The second-order valence-electron chi connectivity index (χ2n) is 6.23. The summed E-state index contributed by atoms with van der Waals surface area (Å²) in [5.74, 6) is -0.446. The van der Waals surface area contributed by atoms with E-state index in [-0.39, 0.29) is 23.8 Å². The summed E-state index contributed by atoms with van der Waals surface area (Å²) in [4.78, 5) is 27.7. The van der Waals surface area contributed by atoms with E-state index in [0.29, 0.717) is 13.1 Å². The molecule has 2 unspecified atom stereocenters. The second-order valence-corrected chi connectivity index (χ2v) is 6.23. The Balaban J connectivity index is 1.91. The first-order chi connectivity index (χ1) is 10.5. The maximum absolute atomic E-state index is 12.5. The number of hydrogen-bond donors (Lipinski definition) is 1. The van der Waals surface area contributed by atoms with Crippen LogP contribution >= 0.6 is 0 Å². The Morgan fingerprint density at radius 3 is 2.59 bits per heavy atom. The molecule has 1 aliphatic rings. The molecule has 0 aliphatic carbocycles. The van der Waals surface area contributed by atoms with E-state index >= 15 is 0 Å². The van der Waals surface area contributed by atoms with Crippen LogP contribution in [0.4, 0.5) is 0 Å². The van der Waals surface area contributed by atoms with Crippen molar-refractivity contribution in [1.82, 2.24) is 9.80 Å². The number of primary amides is 1. The van der Waals surface area contributed by atoms with Gasteiger partial charge >= 0.3 is 0 Å². The monoisotopic (exact) mass is 303 g/mol. The number of likely N-dealkylation sites (N-methyl/N-ethyl adjacent to an activating group) is 1. The summed E-state index contributed by atoms with van der Waals surface area (Å²) in [6.07, 6.45) is 1.61. The van der Waals surface area contributed by atoms with Gasteiger partial charge in [-0.15, -0.1) is 0 Å². The molecule has 1 heterocycles. The van der Waals surface area contributed by atoms with E-state index in [0.717, 1.165) is 19.4 Å². The lowest BCUT2D eigenvalue weighted by Crippen LogP contribution is -2.51. The maximum Gasteiger partial charge on any atom is 0.237 e. The van der Waals surface area contributed by atoms with Crippen molar-refractivity contribution >= 4 is 11.8 Å². The average molecular weight is 303 g/mol. The highest BCUT2D eigenvalue weighted by molar-refractivity contribution is 5.81. The highest BCUT2D eigenvalue weighted by Gasteiger charge is 2.31. The van der Waals surface area contributed by atoms with Crippen LogP contribution in [0.15, 0.2) is 30.3 Å². The van der Waals surface area contributed by atoms with Crippen molar-refractivity contribution in [3.8, 4) is 0 Å². The molecule has 2 amide bonds. The Morgan fingerprint density at radius 1 is 1.27 bits per heavy atom. The lowest BCUT2D eigenvalue weighted by atomic mass is 9.93. The number of rotatable bonds is 5. The van der Waals surface area contributed by atoms with Gasteiger partial charge in [-0.25, -0.2) is 0 Å². The van der Waals surface area contributed by atoms with Crippen molar-refractivity contribution < 1.29 is 9.59 Å². The third kappa shape index (κ3) is 4.31. The summed E-state index contributed by atoms with van der Waals surface area (Å²) in [6, 6.07) is 10.2. The fourth-order valence-corrected chi connectivity index (χ4v) is 2.96. The second kappa shape index (κ2) is 7.40. The van der Waals surface area contributed by atoms with Gasteiger partial charge in [-0.3, -0.25) is 14.5 Å². The normalized spacial score (nSPS) is 21.9. The Kier molecular flexibility index (Phi) is 5.55. The van der Waals surface area contributed by atoms with Crippen LogP contribution < -0.4 is 5.73 Å². The molecule has 0 saturated carbocycles. The van der Waals surface area contributed by atoms with Crippen LogP contribution in [0.5, 0.6) is 0 Å². The maximum atomic E-state index is 12.5. The third-order valence-electron chi connectivity index (χ3n) is 4.31. The van der Waals surface area contributed by atoms with E-state index in [9.17, 15) is 9.59 Å². The van der Waals surface area contributed by atoms with Crippen LogP contribution in [0.1, 0.15) is 25.3 Å². The van der Waals surface area contributed by atoms with Crippen molar-refractivity contribution in [2.24, 2.45) is 11.7 Å². The van der Waals surface area contributed by atoms with Gasteiger partial charge in [0, 0.05) is 19.1 Å². The molecular formula is C17H25N3O2. The molecule has 1 fully saturated rings. The fraction of sp³-hybridized carbons (Fsp3) is 0.529. The first-order valence-corrected chi connectivity index (χ1v) is 7.78. The molecule has 2 N–H and O–H groups in total. The minimum Gasteiger partial charge on any atom is -0.369 e. The number of amides is 2. The number of benzene rings is 1. The van der Waals surface area contributed by atoms with Gasteiger partial charge in [-0.05, 0) is 32.4 Å². The zero-order chi connectivity index (χ0) is 16.1. The van der Waals surface area contributed by atoms with Gasteiger partial charge < -0.3 is 10.6 Å². The summed E-state index contributed by atoms with van der Waals surface area (Å²) in [6.45, 7) is 3.57. The zero-order valence-corrected chi connectivity index (χ0v) is 13.4. The summed E-state index contributed by atoms with van der Waals surface area (Å²) in [5.41, 5.74) is 6.57. The molecule has 1 aromatic rings. The zero-order valence-electron chi connectivity index (χ0n) is 13.4. The van der Waals surface area contributed by atoms with Gasteiger partial charge in [-0.2, -0.15) is 0 Å². The van der Waals surface area contributed by atoms with Crippen molar-refractivity contribution in [2.75, 3.05) is 20.1 Å². The topological polar surface area (TPSA) is 66.6 Å². The van der Waals surface area contributed by atoms with E-state index in [1.165, 1.54) is 5.56 Å². The van der Waals surface area contributed by atoms with Crippen LogP contribution in [0.2, 0.25) is 0 Å². The predicted molar refractivity (Wildman–Crippen MR) is 85.9 cm³/mol. The summed E-state index contributed by atoms with van der Waals surface area (Å²) in [7, 11) is 1.94. The lowest BCUT2D eigenvalue weighted by Gasteiger charge is -2.37. The first kappa shape index (κ1) is 16.5. The first-order valence-electron chi connectivity index (χ1n) is 7.78. The molecule has 0 bridgehead atoms. The number of hydrogen-bond acceptors (Lipinski definition) is 3. The standard InChI is InChI=1S/C17H25N3O2/c1-13-8-9-15(17(18)22)11-20(13)16(21)12-19(2)10-14-6-4-3-5-7-14/h3-7,13,15H,8-12H2,1-2H3,(H2,18,22). The number of carbonyl (C=O) groups is 2.